The average Bonchev–Trinajstić information content (AvgIpc) is 2.39. The van der Waals surface area contributed by atoms with Crippen molar-refractivity contribution in [2.75, 3.05) is 23.1 Å². The quantitative estimate of drug-likeness (QED) is 0.527. The van der Waals surface area contributed by atoms with Gasteiger partial charge in [0.25, 0.3) is 0 Å². The first kappa shape index (κ1) is 15.0. The molecule has 10 nitrogen and oxygen atoms in total. The Hall–Kier alpha value is -3.04. The number of anilines is 2. The first-order valence-corrected chi connectivity index (χ1v) is 5.23. The first-order chi connectivity index (χ1) is 9.49. The van der Waals surface area contributed by atoms with Crippen LogP contribution in [0.25, 0.3) is 0 Å². The zero-order chi connectivity index (χ0) is 15.1. The molecule has 106 valence electrons. The second-order valence-corrected chi connectivity index (χ2v) is 3.58. The van der Waals surface area contributed by atoms with Gasteiger partial charge in [-0.3, -0.25) is 9.59 Å². The van der Waals surface area contributed by atoms with Crippen molar-refractivity contribution in [2.24, 2.45) is 10.6 Å². The SMILES string of the molecule is O=NN(N=O)c1ccccc1N(CC(=O)O)CC(=O)O. The first-order valence-electron chi connectivity index (χ1n) is 5.23. The second-order valence-electron chi connectivity index (χ2n) is 3.58. The fraction of sp³-hybridized carbons (Fsp3) is 0.200. The van der Waals surface area contributed by atoms with Gasteiger partial charge in [0.15, 0.2) is 0 Å². The molecule has 0 atom stereocenters. The van der Waals surface area contributed by atoms with E-state index < -0.39 is 25.0 Å². The lowest BCUT2D eigenvalue weighted by molar-refractivity contribution is -0.136. The van der Waals surface area contributed by atoms with Crippen LogP contribution < -0.4 is 10.0 Å². The number of nitroso groups, excluding NO2 is 2. The Morgan fingerprint density at radius 3 is 1.80 bits per heavy atom. The predicted octanol–water partition coefficient (Wildman–Crippen LogP) is 0.831. The topological polar surface area (TPSA) is 140 Å². The van der Waals surface area contributed by atoms with Crippen molar-refractivity contribution < 1.29 is 19.8 Å². The van der Waals surface area contributed by atoms with Gasteiger partial charge in [0, 0.05) is 0 Å². The summed E-state index contributed by atoms with van der Waals surface area (Å²) in [5.41, 5.74) is -0.0727. The Kier molecular flexibility index (Phi) is 5.09. The number of benzene rings is 1. The summed E-state index contributed by atoms with van der Waals surface area (Å²) >= 11 is 0. The molecule has 2 N–H and O–H groups in total. The van der Waals surface area contributed by atoms with Crippen LogP contribution in [0.5, 0.6) is 0 Å². The van der Waals surface area contributed by atoms with E-state index >= 15 is 0 Å². The van der Waals surface area contributed by atoms with Gasteiger partial charge in [0.2, 0.25) is 0 Å². The van der Waals surface area contributed by atoms with Crippen LogP contribution in [0.1, 0.15) is 0 Å². The molecule has 0 spiro atoms. The minimum Gasteiger partial charge on any atom is -0.480 e. The normalized spacial score (nSPS) is 9.60. The number of nitrogens with zero attached hydrogens (tertiary/aromatic N) is 4. The summed E-state index contributed by atoms with van der Waals surface area (Å²) in [6.45, 7) is -1.26. The smallest absolute Gasteiger partial charge is 0.323 e. The number of rotatable bonds is 8. The molecule has 1 aromatic rings. The Balaban J connectivity index is 3.24. The summed E-state index contributed by atoms with van der Waals surface area (Å²) in [5, 5.41) is 22.5. The van der Waals surface area contributed by atoms with Crippen LogP contribution >= 0.6 is 0 Å². The molecule has 0 amide bonds. The zero-order valence-electron chi connectivity index (χ0n) is 10.0. The Bertz CT molecular complexity index is 510. The van der Waals surface area contributed by atoms with Crippen molar-refractivity contribution in [1.29, 1.82) is 0 Å². The third-order valence-electron chi connectivity index (χ3n) is 2.24. The zero-order valence-corrected chi connectivity index (χ0v) is 10.0. The molecule has 0 saturated heterocycles. The van der Waals surface area contributed by atoms with Crippen molar-refractivity contribution in [2.45, 2.75) is 0 Å². The largest absolute Gasteiger partial charge is 0.480 e. The summed E-state index contributed by atoms with van der Waals surface area (Å²) in [6, 6.07) is 5.59. The maximum absolute atomic E-state index is 10.8. The van der Waals surface area contributed by atoms with Crippen LogP contribution in [-0.4, -0.2) is 35.2 Å². The molecule has 1 aromatic carbocycles. The predicted molar refractivity (Wildman–Crippen MR) is 68.0 cm³/mol. The lowest BCUT2D eigenvalue weighted by atomic mass is 10.2. The van der Waals surface area contributed by atoms with Gasteiger partial charge in [-0.15, -0.1) is 9.81 Å². The highest BCUT2D eigenvalue weighted by molar-refractivity contribution is 5.83. The van der Waals surface area contributed by atoms with Crippen molar-refractivity contribution >= 4 is 23.3 Å². The third-order valence-corrected chi connectivity index (χ3v) is 2.24. The molecule has 10 heteroatoms. The van der Waals surface area contributed by atoms with Crippen molar-refractivity contribution in [3.05, 3.63) is 34.1 Å². The molecule has 0 saturated carbocycles. The minimum atomic E-state index is -1.27. The van der Waals surface area contributed by atoms with Gasteiger partial charge in [-0.2, -0.15) is 0 Å². The number of para-hydroxylation sites is 2. The van der Waals surface area contributed by atoms with E-state index in [-0.39, 0.29) is 16.5 Å². The lowest BCUT2D eigenvalue weighted by Crippen LogP contribution is -2.35. The van der Waals surface area contributed by atoms with E-state index in [2.05, 4.69) is 10.6 Å². The number of carboxylic acid groups (broad SMARTS) is 2. The molecule has 0 aliphatic carbocycles. The number of hydrogen-bond donors (Lipinski definition) is 2. The van der Waals surface area contributed by atoms with Crippen LogP contribution in [0.2, 0.25) is 0 Å². The summed E-state index contributed by atoms with van der Waals surface area (Å²) in [5.74, 6) is -2.54. The van der Waals surface area contributed by atoms with Gasteiger partial charge in [0.1, 0.15) is 18.8 Å². The van der Waals surface area contributed by atoms with E-state index in [1.54, 1.807) is 0 Å². The summed E-state index contributed by atoms with van der Waals surface area (Å²) < 4.78 is 0. The Morgan fingerprint density at radius 2 is 1.40 bits per heavy atom. The van der Waals surface area contributed by atoms with E-state index in [1.807, 2.05) is 0 Å². The van der Waals surface area contributed by atoms with Gasteiger partial charge in [-0.25, -0.2) is 0 Å². The average molecular weight is 282 g/mol. The van der Waals surface area contributed by atoms with Crippen molar-refractivity contribution in [3.8, 4) is 0 Å². The minimum absolute atomic E-state index is 0.0384. The van der Waals surface area contributed by atoms with Crippen molar-refractivity contribution in [1.82, 2.24) is 0 Å². The van der Waals surface area contributed by atoms with E-state index in [1.165, 1.54) is 24.3 Å². The van der Waals surface area contributed by atoms with E-state index in [9.17, 15) is 19.4 Å². The number of carboxylic acids is 2. The molecule has 0 aromatic heterocycles. The van der Waals surface area contributed by atoms with Gasteiger partial charge in [-0.05, 0) is 12.1 Å². The highest BCUT2D eigenvalue weighted by Gasteiger charge is 2.21. The van der Waals surface area contributed by atoms with Gasteiger partial charge in [0.05, 0.1) is 16.3 Å². The number of aliphatic carboxylic acids is 2. The summed E-state index contributed by atoms with van der Waals surface area (Å²) in [4.78, 5) is 43.5. The van der Waals surface area contributed by atoms with E-state index in [4.69, 9.17) is 10.2 Å². The molecule has 20 heavy (non-hydrogen) atoms. The molecule has 0 heterocycles. The summed E-state index contributed by atoms with van der Waals surface area (Å²) in [6.07, 6.45) is 0. The fourth-order valence-corrected chi connectivity index (χ4v) is 1.56. The van der Waals surface area contributed by atoms with Gasteiger partial charge >= 0.3 is 11.9 Å². The number of carbonyl (C=O) groups is 2. The standard InChI is InChI=1S/C10H10N4O6/c15-9(16)5-13(6-10(17)18)7-3-1-2-4-8(7)14(11-19)12-20/h1-4H,5-6H2,(H,15,16)(H,17,18). The Labute approximate surface area is 112 Å². The second kappa shape index (κ2) is 6.78. The highest BCUT2D eigenvalue weighted by atomic mass is 16.4. The number of hydrogen-bond acceptors (Lipinski definition) is 7. The van der Waals surface area contributed by atoms with Crippen LogP contribution in [0.15, 0.2) is 34.8 Å². The molecular weight excluding hydrogens is 272 g/mol. The molecule has 0 fully saturated rings. The summed E-state index contributed by atoms with van der Waals surface area (Å²) in [7, 11) is 0. The van der Waals surface area contributed by atoms with Gasteiger partial charge < -0.3 is 15.1 Å². The molecule has 0 unspecified atom stereocenters. The lowest BCUT2D eigenvalue weighted by Gasteiger charge is -2.23. The molecule has 0 aliphatic heterocycles. The maximum Gasteiger partial charge on any atom is 0.323 e. The molecule has 1 rings (SSSR count). The van der Waals surface area contributed by atoms with Crippen LogP contribution in [0.3, 0.4) is 0 Å². The highest BCUT2D eigenvalue weighted by Crippen LogP contribution is 2.29. The van der Waals surface area contributed by atoms with Crippen LogP contribution in [-0.2, 0) is 9.59 Å². The maximum atomic E-state index is 10.8. The Morgan fingerprint density at radius 1 is 0.950 bits per heavy atom. The molecule has 0 radical (unpaired) electrons. The van der Waals surface area contributed by atoms with Crippen molar-refractivity contribution in [3.63, 3.8) is 0 Å². The third kappa shape index (κ3) is 3.73. The fourth-order valence-electron chi connectivity index (χ4n) is 1.56. The van der Waals surface area contributed by atoms with E-state index in [0.29, 0.717) is 0 Å². The van der Waals surface area contributed by atoms with Crippen LogP contribution in [0.4, 0.5) is 11.4 Å². The molecular formula is C10H10N4O6. The van der Waals surface area contributed by atoms with Crippen LogP contribution in [0, 0.1) is 9.81 Å². The molecule has 0 aliphatic rings. The van der Waals surface area contributed by atoms with Gasteiger partial charge in [-0.1, -0.05) is 17.3 Å². The van der Waals surface area contributed by atoms with E-state index in [0.717, 1.165) is 4.90 Å². The monoisotopic (exact) mass is 282 g/mol. The molecule has 0 bridgehead atoms.